The minimum Gasteiger partial charge on any atom is -0.456 e. The maximum absolute atomic E-state index is 13.7. The number of hydrogen-bond donors (Lipinski definition) is 2. The van der Waals surface area contributed by atoms with E-state index in [1.165, 1.54) is 6.07 Å². The Bertz CT molecular complexity index is 800. The van der Waals surface area contributed by atoms with E-state index in [1.54, 1.807) is 12.1 Å². The fraction of sp³-hybridized carbons (Fsp3) is 0.125. The van der Waals surface area contributed by atoms with Crippen LogP contribution in [0.4, 0.5) is 4.39 Å². The first-order valence-electron chi connectivity index (χ1n) is 6.50. The predicted octanol–water partition coefficient (Wildman–Crippen LogP) is 4.20. The second-order valence-corrected chi connectivity index (χ2v) is 5.77. The van der Waals surface area contributed by atoms with Crippen LogP contribution in [-0.2, 0) is 0 Å². The average Bonchev–Trinajstić information content (AvgIpc) is 2.89. The number of nitrogens with two attached hydrogens (primary N) is 1. The summed E-state index contributed by atoms with van der Waals surface area (Å²) in [6.45, 7) is 2.01. The summed E-state index contributed by atoms with van der Waals surface area (Å²) < 4.78 is 20.4. The number of furan rings is 1. The van der Waals surface area contributed by atoms with Gasteiger partial charge >= 0.3 is 0 Å². The number of rotatable bonds is 3. The average molecular weight is 349 g/mol. The summed E-state index contributed by atoms with van der Waals surface area (Å²) >= 11 is 3.50. The molecule has 1 unspecified atom stereocenters. The summed E-state index contributed by atoms with van der Waals surface area (Å²) in [5, 5.41) is 0.719. The van der Waals surface area contributed by atoms with Gasteiger partial charge in [-0.25, -0.2) is 9.82 Å². The Kier molecular flexibility index (Phi) is 3.80. The molecule has 2 aromatic carbocycles. The number of hydrazine groups is 1. The number of benzene rings is 2. The van der Waals surface area contributed by atoms with Gasteiger partial charge in [-0.2, -0.15) is 0 Å². The Hall–Kier alpha value is -1.69. The molecule has 1 atom stereocenters. The van der Waals surface area contributed by atoms with Crippen LogP contribution in [0.15, 0.2) is 51.4 Å². The van der Waals surface area contributed by atoms with Gasteiger partial charge in [-0.05, 0) is 36.2 Å². The lowest BCUT2D eigenvalue weighted by Crippen LogP contribution is -2.28. The molecule has 1 heterocycles. The van der Waals surface area contributed by atoms with E-state index < -0.39 is 0 Å². The van der Waals surface area contributed by atoms with E-state index in [2.05, 4.69) is 21.4 Å². The zero-order valence-corrected chi connectivity index (χ0v) is 12.9. The number of fused-ring (bicyclic) bond motifs is 1. The van der Waals surface area contributed by atoms with Gasteiger partial charge in [0.25, 0.3) is 0 Å². The molecule has 5 heteroatoms. The Labute approximate surface area is 130 Å². The second kappa shape index (κ2) is 5.60. The molecule has 108 valence electrons. The van der Waals surface area contributed by atoms with Crippen molar-refractivity contribution >= 4 is 26.9 Å². The number of nitrogens with one attached hydrogen (secondary N) is 1. The SMILES string of the molecule is Cc1ccc(C(NN)c2cc3cccc(F)c3o2)cc1Br. The molecule has 0 saturated carbocycles. The van der Waals surface area contributed by atoms with Crippen LogP contribution in [0.3, 0.4) is 0 Å². The van der Waals surface area contributed by atoms with Crippen LogP contribution in [0.1, 0.15) is 22.9 Å². The van der Waals surface area contributed by atoms with Crippen LogP contribution in [0.25, 0.3) is 11.0 Å². The van der Waals surface area contributed by atoms with E-state index in [9.17, 15) is 4.39 Å². The van der Waals surface area contributed by atoms with Crippen LogP contribution in [0, 0.1) is 12.7 Å². The van der Waals surface area contributed by atoms with Crippen molar-refractivity contribution in [3.8, 4) is 0 Å². The molecule has 3 rings (SSSR count). The third-order valence-electron chi connectivity index (χ3n) is 3.50. The Morgan fingerprint density at radius 1 is 1.24 bits per heavy atom. The summed E-state index contributed by atoms with van der Waals surface area (Å²) in [6.07, 6.45) is 0. The molecule has 3 aromatic rings. The third-order valence-corrected chi connectivity index (χ3v) is 4.35. The van der Waals surface area contributed by atoms with Crippen LogP contribution in [0.2, 0.25) is 0 Å². The Morgan fingerprint density at radius 2 is 2.05 bits per heavy atom. The van der Waals surface area contributed by atoms with Crippen molar-refractivity contribution in [1.29, 1.82) is 0 Å². The van der Waals surface area contributed by atoms with E-state index in [1.807, 2.05) is 31.2 Å². The quantitative estimate of drug-likeness (QED) is 0.551. The van der Waals surface area contributed by atoms with Gasteiger partial charge in [-0.3, -0.25) is 5.84 Å². The van der Waals surface area contributed by atoms with Crippen LogP contribution in [0.5, 0.6) is 0 Å². The van der Waals surface area contributed by atoms with Crippen molar-refractivity contribution in [3.05, 3.63) is 69.6 Å². The Morgan fingerprint density at radius 3 is 2.71 bits per heavy atom. The van der Waals surface area contributed by atoms with Gasteiger partial charge in [-0.1, -0.05) is 40.2 Å². The van der Waals surface area contributed by atoms with Gasteiger partial charge in [0.1, 0.15) is 11.8 Å². The molecule has 0 bridgehead atoms. The number of hydrogen-bond acceptors (Lipinski definition) is 3. The van der Waals surface area contributed by atoms with Crippen LogP contribution in [-0.4, -0.2) is 0 Å². The Balaban J connectivity index is 2.09. The first-order chi connectivity index (χ1) is 10.1. The van der Waals surface area contributed by atoms with E-state index in [0.29, 0.717) is 5.76 Å². The van der Waals surface area contributed by atoms with Crippen molar-refractivity contribution in [2.75, 3.05) is 0 Å². The highest BCUT2D eigenvalue weighted by Gasteiger charge is 2.19. The highest BCUT2D eigenvalue weighted by atomic mass is 79.9. The molecule has 3 N–H and O–H groups in total. The van der Waals surface area contributed by atoms with Crippen molar-refractivity contribution in [1.82, 2.24) is 5.43 Å². The molecular formula is C16H14BrFN2O. The first-order valence-corrected chi connectivity index (χ1v) is 7.29. The second-order valence-electron chi connectivity index (χ2n) is 4.92. The highest BCUT2D eigenvalue weighted by molar-refractivity contribution is 9.10. The lowest BCUT2D eigenvalue weighted by atomic mass is 10.0. The molecule has 0 saturated heterocycles. The molecule has 0 aliphatic carbocycles. The zero-order chi connectivity index (χ0) is 15.0. The normalized spacial score (nSPS) is 12.8. The van der Waals surface area contributed by atoms with Crippen molar-refractivity contribution in [2.45, 2.75) is 13.0 Å². The summed E-state index contributed by atoms with van der Waals surface area (Å²) in [6, 6.07) is 12.2. The van der Waals surface area contributed by atoms with E-state index >= 15 is 0 Å². The fourth-order valence-corrected chi connectivity index (χ4v) is 2.72. The third kappa shape index (κ3) is 2.60. The van der Waals surface area contributed by atoms with E-state index in [4.69, 9.17) is 10.3 Å². The lowest BCUT2D eigenvalue weighted by molar-refractivity contribution is 0.465. The summed E-state index contributed by atoms with van der Waals surface area (Å²) in [4.78, 5) is 0. The van der Waals surface area contributed by atoms with Crippen molar-refractivity contribution in [2.24, 2.45) is 5.84 Å². The standard InChI is InChI=1S/C16H14BrFN2O/c1-9-5-6-10(7-12(9)17)15(20-19)14-8-11-3-2-4-13(18)16(11)21-14/h2-8,15,20H,19H2,1H3. The predicted molar refractivity (Wildman–Crippen MR) is 84.2 cm³/mol. The van der Waals surface area contributed by atoms with Crippen LogP contribution < -0.4 is 11.3 Å². The first kappa shape index (κ1) is 14.3. The van der Waals surface area contributed by atoms with Gasteiger partial charge < -0.3 is 4.42 Å². The van der Waals surface area contributed by atoms with Gasteiger partial charge in [0, 0.05) is 9.86 Å². The number of halogens is 2. The van der Waals surface area contributed by atoms with Crippen molar-refractivity contribution in [3.63, 3.8) is 0 Å². The number of para-hydroxylation sites is 1. The topological polar surface area (TPSA) is 51.2 Å². The molecule has 0 fully saturated rings. The minimum absolute atomic E-state index is 0.249. The molecule has 0 spiro atoms. The molecule has 21 heavy (non-hydrogen) atoms. The summed E-state index contributed by atoms with van der Waals surface area (Å²) in [5.74, 6) is 5.87. The van der Waals surface area contributed by atoms with Gasteiger partial charge in [-0.15, -0.1) is 0 Å². The van der Waals surface area contributed by atoms with E-state index in [-0.39, 0.29) is 17.4 Å². The number of aryl methyl sites for hydroxylation is 1. The van der Waals surface area contributed by atoms with Crippen molar-refractivity contribution < 1.29 is 8.81 Å². The van der Waals surface area contributed by atoms with Gasteiger partial charge in [0.2, 0.25) is 0 Å². The highest BCUT2D eigenvalue weighted by Crippen LogP contribution is 2.31. The molecule has 3 nitrogen and oxygen atoms in total. The van der Waals surface area contributed by atoms with E-state index in [0.717, 1.165) is 21.0 Å². The summed E-state index contributed by atoms with van der Waals surface area (Å²) in [5.41, 5.74) is 5.04. The monoisotopic (exact) mass is 348 g/mol. The molecule has 0 aliphatic heterocycles. The molecular weight excluding hydrogens is 335 g/mol. The zero-order valence-electron chi connectivity index (χ0n) is 11.4. The minimum atomic E-state index is -0.375. The molecule has 1 aromatic heterocycles. The lowest BCUT2D eigenvalue weighted by Gasteiger charge is -2.14. The summed E-state index contributed by atoms with van der Waals surface area (Å²) in [7, 11) is 0. The maximum atomic E-state index is 13.7. The van der Waals surface area contributed by atoms with Gasteiger partial charge in [0.05, 0.1) is 0 Å². The molecule has 0 aliphatic rings. The fourth-order valence-electron chi connectivity index (χ4n) is 2.32. The molecule has 0 amide bonds. The van der Waals surface area contributed by atoms with Gasteiger partial charge in [0.15, 0.2) is 11.4 Å². The maximum Gasteiger partial charge on any atom is 0.169 e. The largest absolute Gasteiger partial charge is 0.456 e. The van der Waals surface area contributed by atoms with Crippen LogP contribution >= 0.6 is 15.9 Å². The molecule has 0 radical (unpaired) electrons. The smallest absolute Gasteiger partial charge is 0.169 e.